The van der Waals surface area contributed by atoms with Crippen LogP contribution in [0.3, 0.4) is 0 Å². The number of fused-ring (bicyclic) bond motifs is 1. The highest BCUT2D eigenvalue weighted by molar-refractivity contribution is 9.11. The smallest absolute Gasteiger partial charge is 0.258 e. The minimum Gasteiger partial charge on any atom is -0.288 e. The van der Waals surface area contributed by atoms with Crippen molar-refractivity contribution in [3.05, 3.63) is 56.2 Å². The second-order valence-electron chi connectivity index (χ2n) is 4.07. The lowest BCUT2D eigenvalue weighted by Gasteiger charge is -2.17. The molecule has 94 valence electrons. The van der Waals surface area contributed by atoms with E-state index in [2.05, 4.69) is 21.2 Å². The van der Waals surface area contributed by atoms with E-state index in [1.165, 1.54) is 0 Å². The van der Waals surface area contributed by atoms with Crippen molar-refractivity contribution >= 4 is 50.7 Å². The van der Waals surface area contributed by atoms with Gasteiger partial charge in [-0.2, -0.15) is 0 Å². The molecule has 0 fully saturated rings. The number of amides is 2. The first-order chi connectivity index (χ1) is 9.15. The molecule has 2 aromatic rings. The molecule has 2 amide bonds. The van der Waals surface area contributed by atoms with Gasteiger partial charge >= 0.3 is 0 Å². The van der Waals surface area contributed by atoms with Crippen LogP contribution in [0, 0.1) is 0 Å². The summed E-state index contributed by atoms with van der Waals surface area (Å²) in [6.45, 7) is 0. The third-order valence-electron chi connectivity index (χ3n) is 2.83. The summed E-state index contributed by atoms with van der Waals surface area (Å²) in [5, 5.41) is 4.31. The van der Waals surface area contributed by atoms with Crippen molar-refractivity contribution < 1.29 is 9.59 Å². The van der Waals surface area contributed by atoms with E-state index >= 15 is 0 Å². The molecule has 0 saturated heterocycles. The summed E-state index contributed by atoms with van der Waals surface area (Å²) in [7, 11) is 0. The minimum atomic E-state index is -0.356. The van der Waals surface area contributed by atoms with Crippen molar-refractivity contribution in [3.8, 4) is 0 Å². The molecule has 3 nitrogen and oxygen atoms in total. The number of carbonyl (C=O) groups excluding carboxylic acids is 2. The van der Waals surface area contributed by atoms with Crippen LogP contribution in [-0.4, -0.2) is 11.8 Å². The summed E-state index contributed by atoms with van der Waals surface area (Å²) in [5.74, 6) is -0.699. The maximum absolute atomic E-state index is 12.0. The minimum absolute atomic E-state index is 0.343. The molecule has 0 unspecified atom stereocenters. The molecule has 0 spiro atoms. The topological polar surface area (TPSA) is 46.2 Å². The highest BCUT2D eigenvalue weighted by Crippen LogP contribution is 2.28. The van der Waals surface area contributed by atoms with Gasteiger partial charge in [-0.25, -0.2) is 0 Å². The lowest BCUT2D eigenvalue weighted by molar-refractivity contribution is -0.114. The van der Waals surface area contributed by atoms with E-state index in [0.29, 0.717) is 16.7 Å². The lowest BCUT2D eigenvalue weighted by atomic mass is 9.94. The highest BCUT2D eigenvalue weighted by Gasteiger charge is 2.26. The van der Waals surface area contributed by atoms with Gasteiger partial charge in [-0.15, -0.1) is 11.3 Å². The Labute approximate surface area is 122 Å². The zero-order valence-electron chi connectivity index (χ0n) is 9.64. The second kappa shape index (κ2) is 4.75. The van der Waals surface area contributed by atoms with Crippen LogP contribution >= 0.6 is 27.3 Å². The van der Waals surface area contributed by atoms with Crippen molar-refractivity contribution in [2.24, 2.45) is 0 Å². The Hall–Kier alpha value is -1.72. The van der Waals surface area contributed by atoms with E-state index in [9.17, 15) is 9.59 Å². The third-order valence-corrected chi connectivity index (χ3v) is 4.35. The molecule has 3 rings (SSSR count). The first kappa shape index (κ1) is 12.3. The number of thiophene rings is 1. The van der Waals surface area contributed by atoms with E-state index in [1.807, 2.05) is 17.5 Å². The molecule has 5 heteroatoms. The Bertz CT molecular complexity index is 718. The fourth-order valence-corrected chi connectivity index (χ4v) is 3.12. The summed E-state index contributed by atoms with van der Waals surface area (Å²) >= 11 is 4.94. The normalized spacial score (nSPS) is 16.4. The number of nitrogens with one attached hydrogen (secondary N) is 1. The van der Waals surface area contributed by atoms with Crippen molar-refractivity contribution in [3.63, 3.8) is 0 Å². The molecule has 2 heterocycles. The predicted molar refractivity (Wildman–Crippen MR) is 78.8 cm³/mol. The molecule has 0 radical (unpaired) electrons. The van der Waals surface area contributed by atoms with Gasteiger partial charge in [0.2, 0.25) is 0 Å². The maximum atomic E-state index is 12.0. The first-order valence-electron chi connectivity index (χ1n) is 5.56. The molecular weight excluding hydrogens is 326 g/mol. The van der Waals surface area contributed by atoms with Crippen LogP contribution < -0.4 is 5.32 Å². The van der Waals surface area contributed by atoms with E-state index in [0.717, 1.165) is 9.35 Å². The van der Waals surface area contributed by atoms with Gasteiger partial charge in [0, 0.05) is 11.1 Å². The van der Waals surface area contributed by atoms with Gasteiger partial charge in [0.25, 0.3) is 11.8 Å². The van der Waals surface area contributed by atoms with Gasteiger partial charge in [-0.05, 0) is 50.6 Å². The fraction of sp³-hybridized carbons (Fsp3) is 0. The average molecular weight is 334 g/mol. The van der Waals surface area contributed by atoms with E-state index < -0.39 is 0 Å². The Morgan fingerprint density at radius 2 is 1.84 bits per heavy atom. The van der Waals surface area contributed by atoms with Crippen molar-refractivity contribution in [2.75, 3.05) is 0 Å². The van der Waals surface area contributed by atoms with Crippen LogP contribution in [0.1, 0.15) is 21.5 Å². The maximum Gasteiger partial charge on any atom is 0.258 e. The van der Waals surface area contributed by atoms with Crippen LogP contribution in [-0.2, 0) is 4.79 Å². The molecule has 1 aromatic carbocycles. The van der Waals surface area contributed by atoms with Crippen LogP contribution in [0.4, 0.5) is 0 Å². The van der Waals surface area contributed by atoms with E-state index in [1.54, 1.807) is 35.6 Å². The van der Waals surface area contributed by atoms with E-state index in [4.69, 9.17) is 0 Å². The molecule has 1 aliphatic rings. The molecule has 1 aromatic heterocycles. The van der Waals surface area contributed by atoms with Gasteiger partial charge in [0.1, 0.15) is 0 Å². The summed E-state index contributed by atoms with van der Waals surface area (Å²) in [6.07, 6.45) is 1.79. The third kappa shape index (κ3) is 2.27. The molecular formula is C14H8BrNO2S. The number of imide groups is 1. The molecule has 19 heavy (non-hydrogen) atoms. The lowest BCUT2D eigenvalue weighted by Crippen LogP contribution is -2.36. The standard InChI is InChI=1S/C14H8BrNO2S/c15-12-6-8(7-19-12)5-11-9-3-1-2-4-10(9)13(17)16-14(11)18/h1-7H,(H,16,17,18)/b11-5+. The fourth-order valence-electron chi connectivity index (χ4n) is 1.99. The van der Waals surface area contributed by atoms with Crippen LogP contribution in [0.5, 0.6) is 0 Å². The number of rotatable bonds is 1. The van der Waals surface area contributed by atoms with Gasteiger partial charge in [-0.3, -0.25) is 14.9 Å². The quantitative estimate of drug-likeness (QED) is 0.642. The van der Waals surface area contributed by atoms with Crippen molar-refractivity contribution in [1.29, 1.82) is 0 Å². The van der Waals surface area contributed by atoms with Gasteiger partial charge in [-0.1, -0.05) is 18.2 Å². The molecule has 0 aliphatic carbocycles. The Morgan fingerprint density at radius 3 is 2.53 bits per heavy atom. The van der Waals surface area contributed by atoms with Gasteiger partial charge in [0.05, 0.1) is 3.79 Å². The zero-order valence-corrected chi connectivity index (χ0v) is 12.0. The average Bonchev–Trinajstić information content (AvgIpc) is 2.80. The predicted octanol–water partition coefficient (Wildman–Crippen LogP) is 3.32. The monoisotopic (exact) mass is 333 g/mol. The highest BCUT2D eigenvalue weighted by atomic mass is 79.9. The molecule has 0 atom stereocenters. The Morgan fingerprint density at radius 1 is 1.11 bits per heavy atom. The van der Waals surface area contributed by atoms with Crippen LogP contribution in [0.2, 0.25) is 0 Å². The molecule has 0 saturated carbocycles. The van der Waals surface area contributed by atoms with Gasteiger partial charge in [0.15, 0.2) is 0 Å². The number of benzene rings is 1. The Balaban J connectivity index is 2.15. The summed E-state index contributed by atoms with van der Waals surface area (Å²) in [6, 6.07) is 9.05. The van der Waals surface area contributed by atoms with Crippen LogP contribution in [0.15, 0.2) is 39.5 Å². The SMILES string of the molecule is O=C1NC(=O)c2ccccc2/C1=C\c1csc(Br)c1. The second-order valence-corrected chi connectivity index (χ2v) is 6.36. The van der Waals surface area contributed by atoms with Gasteiger partial charge < -0.3 is 0 Å². The van der Waals surface area contributed by atoms with Crippen molar-refractivity contribution in [2.45, 2.75) is 0 Å². The largest absolute Gasteiger partial charge is 0.288 e. The first-order valence-corrected chi connectivity index (χ1v) is 7.23. The number of hydrogen-bond acceptors (Lipinski definition) is 3. The summed E-state index contributed by atoms with van der Waals surface area (Å²) < 4.78 is 1.000. The van der Waals surface area contributed by atoms with Crippen LogP contribution in [0.25, 0.3) is 11.6 Å². The number of carbonyl (C=O) groups is 2. The van der Waals surface area contributed by atoms with Crippen molar-refractivity contribution in [1.82, 2.24) is 5.32 Å². The zero-order chi connectivity index (χ0) is 13.4. The number of halogens is 1. The number of hydrogen-bond donors (Lipinski definition) is 1. The molecule has 1 N–H and O–H groups in total. The van der Waals surface area contributed by atoms with E-state index in [-0.39, 0.29) is 11.8 Å². The molecule has 0 bridgehead atoms. The Kier molecular flexibility index (Phi) is 3.08. The summed E-state index contributed by atoms with van der Waals surface area (Å²) in [5.41, 5.74) is 2.66. The summed E-state index contributed by atoms with van der Waals surface area (Å²) in [4.78, 5) is 23.7. The molecule has 1 aliphatic heterocycles.